The van der Waals surface area contributed by atoms with Crippen molar-refractivity contribution in [1.29, 1.82) is 0 Å². The van der Waals surface area contributed by atoms with Crippen LogP contribution in [0.4, 0.5) is 5.69 Å². The normalized spacial score (nSPS) is 12.8. The molecule has 3 aromatic rings. The van der Waals surface area contributed by atoms with E-state index in [9.17, 15) is 4.79 Å². The van der Waals surface area contributed by atoms with Gasteiger partial charge in [-0.3, -0.25) is 9.79 Å². The molecule has 0 spiro atoms. The van der Waals surface area contributed by atoms with Crippen molar-refractivity contribution in [3.05, 3.63) is 107 Å². The Balaban J connectivity index is 1.58. The number of allylic oxidation sites excluding steroid dienone is 1. The van der Waals surface area contributed by atoms with Gasteiger partial charge in [-0.05, 0) is 35.4 Å². The van der Waals surface area contributed by atoms with E-state index in [1.807, 2.05) is 42.5 Å². The summed E-state index contributed by atoms with van der Waals surface area (Å²) in [7, 11) is 0. The van der Waals surface area contributed by atoms with Gasteiger partial charge in [0.2, 0.25) is 0 Å². The fourth-order valence-electron chi connectivity index (χ4n) is 3.10. The first-order valence-electron chi connectivity index (χ1n) is 8.52. The molecule has 4 rings (SSSR count). The van der Waals surface area contributed by atoms with Crippen LogP contribution in [-0.2, 0) is 6.54 Å². The molecule has 0 atom stereocenters. The van der Waals surface area contributed by atoms with E-state index in [0.29, 0.717) is 23.4 Å². The van der Waals surface area contributed by atoms with Crippen LogP contribution in [0.1, 0.15) is 32.6 Å². The number of hydrogen-bond donors (Lipinski definition) is 1. The molecular weight excluding hydrogens is 320 g/mol. The van der Waals surface area contributed by atoms with Gasteiger partial charge in [-0.25, -0.2) is 0 Å². The molecule has 0 aliphatic carbocycles. The van der Waals surface area contributed by atoms with Gasteiger partial charge >= 0.3 is 0 Å². The van der Waals surface area contributed by atoms with Crippen molar-refractivity contribution in [2.75, 3.05) is 5.73 Å². The number of hydrogen-bond acceptors (Lipinski definition) is 3. The lowest BCUT2D eigenvalue weighted by atomic mass is 9.97. The number of anilines is 1. The second-order valence-electron chi connectivity index (χ2n) is 6.27. The first kappa shape index (κ1) is 16.0. The third-order valence-electron chi connectivity index (χ3n) is 4.45. The van der Waals surface area contributed by atoms with E-state index >= 15 is 0 Å². The quantitative estimate of drug-likeness (QED) is 0.562. The Labute approximate surface area is 152 Å². The van der Waals surface area contributed by atoms with Gasteiger partial charge < -0.3 is 5.73 Å². The Morgan fingerprint density at radius 3 is 2.50 bits per heavy atom. The van der Waals surface area contributed by atoms with Crippen molar-refractivity contribution in [3.8, 4) is 0 Å². The van der Waals surface area contributed by atoms with E-state index in [0.717, 1.165) is 22.4 Å². The van der Waals surface area contributed by atoms with Crippen molar-refractivity contribution < 1.29 is 4.79 Å². The number of fused-ring (bicyclic) bond motifs is 1. The van der Waals surface area contributed by atoms with Gasteiger partial charge in [0.1, 0.15) is 0 Å². The minimum absolute atomic E-state index is 0.0200. The zero-order valence-corrected chi connectivity index (χ0v) is 14.2. The number of benzene rings is 3. The highest BCUT2D eigenvalue weighted by Gasteiger charge is 2.17. The van der Waals surface area contributed by atoms with Crippen LogP contribution in [0.5, 0.6) is 0 Å². The zero-order chi connectivity index (χ0) is 17.9. The second-order valence-corrected chi connectivity index (χ2v) is 6.27. The molecule has 0 saturated carbocycles. The number of nitrogen functional groups attached to an aromatic ring is 1. The fraction of sp³-hybridized carbons (Fsp3) is 0.0435. The van der Waals surface area contributed by atoms with Crippen LogP contribution in [0, 0.1) is 0 Å². The molecule has 0 amide bonds. The largest absolute Gasteiger partial charge is 0.399 e. The molecule has 1 aliphatic heterocycles. The minimum Gasteiger partial charge on any atom is -0.399 e. The summed E-state index contributed by atoms with van der Waals surface area (Å²) in [6.07, 6.45) is 4.08. The van der Waals surface area contributed by atoms with Gasteiger partial charge in [0.15, 0.2) is 5.78 Å². The molecular formula is C23H18N2O. The summed E-state index contributed by atoms with van der Waals surface area (Å²) in [6.45, 7) is 0.599. The molecule has 0 aromatic heterocycles. The number of nitrogens with two attached hydrogens (primary N) is 1. The molecule has 1 heterocycles. The monoisotopic (exact) mass is 338 g/mol. The Morgan fingerprint density at radius 1 is 0.885 bits per heavy atom. The molecule has 0 fully saturated rings. The average Bonchev–Trinajstić information content (AvgIpc) is 3.09. The Hall–Kier alpha value is -3.46. The SMILES string of the molecule is Nc1cccc(C(=O)c2ccc3c(c2)CN=C3/C=C/c2ccccc2)c1. The lowest BCUT2D eigenvalue weighted by Crippen LogP contribution is -2.04. The Morgan fingerprint density at radius 2 is 1.69 bits per heavy atom. The van der Waals surface area contributed by atoms with Gasteiger partial charge in [0.05, 0.1) is 12.3 Å². The topological polar surface area (TPSA) is 55.5 Å². The first-order chi connectivity index (χ1) is 12.7. The predicted molar refractivity (Wildman–Crippen MR) is 106 cm³/mol. The first-order valence-corrected chi connectivity index (χ1v) is 8.52. The van der Waals surface area contributed by atoms with E-state index in [1.165, 1.54) is 0 Å². The lowest BCUT2D eigenvalue weighted by molar-refractivity contribution is 0.103. The summed E-state index contributed by atoms with van der Waals surface area (Å²) in [5.74, 6) is -0.0200. The summed E-state index contributed by atoms with van der Waals surface area (Å²) in [4.78, 5) is 17.3. The van der Waals surface area contributed by atoms with Crippen molar-refractivity contribution in [1.82, 2.24) is 0 Å². The van der Waals surface area contributed by atoms with E-state index in [1.54, 1.807) is 24.3 Å². The number of nitrogens with zero attached hydrogens (tertiary/aromatic N) is 1. The van der Waals surface area contributed by atoms with Crippen molar-refractivity contribution in [3.63, 3.8) is 0 Å². The summed E-state index contributed by atoms with van der Waals surface area (Å²) in [5.41, 5.74) is 11.9. The highest BCUT2D eigenvalue weighted by Crippen LogP contribution is 2.23. The Bertz CT molecular complexity index is 1030. The van der Waals surface area contributed by atoms with Crippen LogP contribution in [0.3, 0.4) is 0 Å². The van der Waals surface area contributed by atoms with Crippen LogP contribution >= 0.6 is 0 Å². The van der Waals surface area contributed by atoms with Crippen LogP contribution in [0.25, 0.3) is 6.08 Å². The average molecular weight is 338 g/mol. The predicted octanol–water partition coefficient (Wildman–Crippen LogP) is 4.52. The maximum Gasteiger partial charge on any atom is 0.193 e. The zero-order valence-electron chi connectivity index (χ0n) is 14.2. The third kappa shape index (κ3) is 3.20. The summed E-state index contributed by atoms with van der Waals surface area (Å²) in [6, 6.07) is 23.0. The van der Waals surface area contributed by atoms with Gasteiger partial charge in [0.25, 0.3) is 0 Å². The lowest BCUT2D eigenvalue weighted by Gasteiger charge is -2.05. The molecule has 0 unspecified atom stereocenters. The molecule has 0 saturated heterocycles. The molecule has 3 nitrogen and oxygen atoms in total. The van der Waals surface area contributed by atoms with Gasteiger partial charge in [0, 0.05) is 22.4 Å². The van der Waals surface area contributed by atoms with Crippen LogP contribution in [0.15, 0.2) is 83.9 Å². The second kappa shape index (κ2) is 6.81. The molecule has 0 radical (unpaired) electrons. The van der Waals surface area contributed by atoms with Crippen molar-refractivity contribution in [2.45, 2.75) is 6.54 Å². The Kier molecular flexibility index (Phi) is 4.20. The molecule has 26 heavy (non-hydrogen) atoms. The van der Waals surface area contributed by atoms with Crippen molar-refractivity contribution >= 4 is 23.3 Å². The molecule has 2 N–H and O–H groups in total. The molecule has 126 valence electrons. The molecule has 3 aromatic carbocycles. The van der Waals surface area contributed by atoms with Crippen LogP contribution < -0.4 is 5.73 Å². The number of rotatable bonds is 4. The molecule has 0 bridgehead atoms. The van der Waals surface area contributed by atoms with Crippen molar-refractivity contribution in [2.24, 2.45) is 4.99 Å². The highest BCUT2D eigenvalue weighted by molar-refractivity contribution is 6.14. The minimum atomic E-state index is -0.0200. The van der Waals surface area contributed by atoms with Gasteiger partial charge in [-0.2, -0.15) is 0 Å². The van der Waals surface area contributed by atoms with Crippen LogP contribution in [-0.4, -0.2) is 11.5 Å². The number of ketones is 1. The summed E-state index contributed by atoms with van der Waals surface area (Å²) >= 11 is 0. The van der Waals surface area contributed by atoms with E-state index in [2.05, 4.69) is 23.2 Å². The number of carbonyl (C=O) groups is 1. The smallest absolute Gasteiger partial charge is 0.193 e. The van der Waals surface area contributed by atoms with E-state index in [4.69, 9.17) is 5.73 Å². The molecule has 1 aliphatic rings. The van der Waals surface area contributed by atoms with E-state index in [-0.39, 0.29) is 5.78 Å². The maximum atomic E-state index is 12.7. The standard InChI is InChI=1S/C23H18N2O/c24-20-8-4-7-17(14-20)23(26)18-10-11-21-19(13-18)15-25-22(21)12-9-16-5-2-1-3-6-16/h1-14H,15,24H2/b12-9+. The summed E-state index contributed by atoms with van der Waals surface area (Å²) in [5, 5.41) is 0. The maximum absolute atomic E-state index is 12.7. The summed E-state index contributed by atoms with van der Waals surface area (Å²) < 4.78 is 0. The van der Waals surface area contributed by atoms with Crippen LogP contribution in [0.2, 0.25) is 0 Å². The van der Waals surface area contributed by atoms with E-state index < -0.39 is 0 Å². The number of aliphatic imine (C=N–C) groups is 1. The number of carbonyl (C=O) groups excluding carboxylic acids is 1. The fourth-order valence-corrected chi connectivity index (χ4v) is 3.10. The molecule has 3 heteroatoms. The van der Waals surface area contributed by atoms with Gasteiger partial charge in [-0.15, -0.1) is 0 Å². The third-order valence-corrected chi connectivity index (χ3v) is 4.45. The van der Waals surface area contributed by atoms with Gasteiger partial charge in [-0.1, -0.05) is 60.7 Å². The highest BCUT2D eigenvalue weighted by atomic mass is 16.1.